The highest BCUT2D eigenvalue weighted by molar-refractivity contribution is 7.99. The standard InChI is InChI=1S/C50H95N9O8S/c1-22-25-40(60)55(18)39(30-68-27-26-59(23-2)24-3)47(66)57(20)38(29-32(6)7)44(63)54-50(16,49(13,14)15)48(67)58(21)41(34(10)33(8)9)45(64)52-35(11)42(61)53-36(12)46(65)56(19)37(28-31(4)5)43(62)51-17/h31-39,41H,22-30H2,1-21H3,(H,51,62)(H,52,64)(H,53,61)(H,54,63)/t34?,35-,36+,37-,38-,39+,41+,50+/m0/s1. The lowest BCUT2D eigenvalue weighted by atomic mass is 9.73. The first-order valence-corrected chi connectivity index (χ1v) is 26.0. The number of carbonyl (C=O) groups excluding carboxylic acids is 8. The molecule has 0 bridgehead atoms. The smallest absolute Gasteiger partial charge is 0.249 e. The number of nitrogens with zero attached hydrogens (tertiary/aromatic N) is 5. The molecule has 8 amide bonds. The quantitative estimate of drug-likeness (QED) is 0.0787. The Bertz CT molecular complexity index is 1670. The highest BCUT2D eigenvalue weighted by atomic mass is 32.2. The Kier molecular flexibility index (Phi) is 27.6. The van der Waals surface area contributed by atoms with E-state index in [1.165, 1.54) is 54.6 Å². The fourth-order valence-electron chi connectivity index (χ4n) is 7.90. The van der Waals surface area contributed by atoms with E-state index in [1.54, 1.807) is 32.8 Å². The summed E-state index contributed by atoms with van der Waals surface area (Å²) < 4.78 is 0. The van der Waals surface area contributed by atoms with E-state index in [4.69, 9.17) is 0 Å². The first-order valence-electron chi connectivity index (χ1n) is 24.8. The van der Waals surface area contributed by atoms with E-state index >= 15 is 4.79 Å². The van der Waals surface area contributed by atoms with Gasteiger partial charge in [-0.1, -0.05) is 90.0 Å². The van der Waals surface area contributed by atoms with Gasteiger partial charge in [0.2, 0.25) is 47.3 Å². The molecule has 68 heavy (non-hydrogen) atoms. The summed E-state index contributed by atoms with van der Waals surface area (Å²) in [5.41, 5.74) is -2.54. The third-order valence-corrected chi connectivity index (χ3v) is 14.6. The van der Waals surface area contributed by atoms with E-state index in [9.17, 15) is 33.6 Å². The lowest BCUT2D eigenvalue weighted by Crippen LogP contribution is -2.69. The number of thioether (sulfide) groups is 1. The molecule has 0 fully saturated rings. The van der Waals surface area contributed by atoms with E-state index in [-0.39, 0.29) is 48.3 Å². The second-order valence-electron chi connectivity index (χ2n) is 21.0. The predicted octanol–water partition coefficient (Wildman–Crippen LogP) is 4.23. The van der Waals surface area contributed by atoms with Crippen molar-refractivity contribution in [3.8, 4) is 0 Å². The second kappa shape index (κ2) is 29.3. The maximum atomic E-state index is 15.1. The van der Waals surface area contributed by atoms with Crippen molar-refractivity contribution in [3.05, 3.63) is 0 Å². The van der Waals surface area contributed by atoms with Crippen LogP contribution in [0.4, 0.5) is 0 Å². The second-order valence-corrected chi connectivity index (χ2v) is 22.1. The monoisotopic (exact) mass is 982 g/mol. The minimum absolute atomic E-state index is 0.0351. The van der Waals surface area contributed by atoms with Gasteiger partial charge in [0.25, 0.3) is 0 Å². The molecule has 0 aliphatic carbocycles. The Morgan fingerprint density at radius 3 is 1.51 bits per heavy atom. The van der Waals surface area contributed by atoms with Crippen molar-refractivity contribution in [2.24, 2.45) is 29.1 Å². The van der Waals surface area contributed by atoms with Crippen LogP contribution in [0.3, 0.4) is 0 Å². The maximum absolute atomic E-state index is 15.1. The van der Waals surface area contributed by atoms with Crippen LogP contribution in [0.2, 0.25) is 0 Å². The molecular weight excluding hydrogens is 887 g/mol. The van der Waals surface area contributed by atoms with Gasteiger partial charge in [-0.05, 0) is 82.2 Å². The average molecular weight is 982 g/mol. The lowest BCUT2D eigenvalue weighted by Gasteiger charge is -2.46. The van der Waals surface area contributed by atoms with E-state index in [2.05, 4.69) is 40.0 Å². The minimum atomic E-state index is -1.62. The van der Waals surface area contributed by atoms with Crippen molar-refractivity contribution < 1.29 is 38.4 Å². The molecule has 0 saturated heterocycles. The van der Waals surface area contributed by atoms with Gasteiger partial charge < -0.3 is 45.8 Å². The zero-order valence-corrected chi connectivity index (χ0v) is 46.9. The zero-order chi connectivity index (χ0) is 53.2. The van der Waals surface area contributed by atoms with Crippen molar-refractivity contribution >= 4 is 59.0 Å². The summed E-state index contributed by atoms with van der Waals surface area (Å²) in [6, 6.07) is -5.83. The molecule has 1 unspecified atom stereocenters. The van der Waals surface area contributed by atoms with Gasteiger partial charge in [-0.25, -0.2) is 0 Å². The van der Waals surface area contributed by atoms with E-state index in [0.29, 0.717) is 18.6 Å². The first kappa shape index (κ1) is 64.1. The van der Waals surface area contributed by atoms with Crippen LogP contribution in [-0.2, 0) is 38.4 Å². The van der Waals surface area contributed by atoms with Gasteiger partial charge in [0.1, 0.15) is 41.8 Å². The molecule has 4 N–H and O–H groups in total. The Morgan fingerprint density at radius 1 is 0.588 bits per heavy atom. The van der Waals surface area contributed by atoms with Crippen LogP contribution in [0.25, 0.3) is 0 Å². The maximum Gasteiger partial charge on any atom is 0.249 e. The Morgan fingerprint density at radius 2 is 1.07 bits per heavy atom. The summed E-state index contributed by atoms with van der Waals surface area (Å²) in [5.74, 6) is -3.02. The fourth-order valence-corrected chi connectivity index (χ4v) is 9.04. The zero-order valence-electron chi connectivity index (χ0n) is 46.0. The average Bonchev–Trinajstić information content (AvgIpc) is 3.26. The number of amides is 8. The molecule has 18 heteroatoms. The molecule has 17 nitrogen and oxygen atoms in total. The van der Waals surface area contributed by atoms with Gasteiger partial charge in [-0.15, -0.1) is 0 Å². The van der Waals surface area contributed by atoms with Crippen LogP contribution in [0.5, 0.6) is 0 Å². The number of rotatable bonds is 29. The van der Waals surface area contributed by atoms with Gasteiger partial charge in [0.15, 0.2) is 0 Å². The SMILES string of the molecule is CCCC(=O)N(C)[C@H](CSCCN(CC)CC)C(=O)N(C)[C@@H](CC(C)C)C(=O)N[C@](C)(C(=O)N(C)[C@@H](C(=O)N[C@@H](C)C(=O)N[C@H](C)C(=O)N(C)[C@@H](CC(C)C)C(=O)NC)C(C)C(C)C)C(C)(C)C. The topological polar surface area (TPSA) is 201 Å². The summed E-state index contributed by atoms with van der Waals surface area (Å²) >= 11 is 1.59. The van der Waals surface area contributed by atoms with Gasteiger partial charge in [0, 0.05) is 59.7 Å². The molecular formula is C50H95N9O8S. The summed E-state index contributed by atoms with van der Waals surface area (Å²) in [6.07, 6.45) is 1.59. The van der Waals surface area contributed by atoms with Gasteiger partial charge in [0.05, 0.1) is 0 Å². The third kappa shape index (κ3) is 18.4. The number of likely N-dealkylation sites (N-methyl/N-ethyl adjacent to an activating group) is 5. The molecule has 0 spiro atoms. The fraction of sp³-hybridized carbons (Fsp3) is 0.840. The van der Waals surface area contributed by atoms with Gasteiger partial charge in [-0.2, -0.15) is 11.8 Å². The van der Waals surface area contributed by atoms with Crippen molar-refractivity contribution in [1.29, 1.82) is 0 Å². The lowest BCUT2D eigenvalue weighted by molar-refractivity contribution is -0.154. The van der Waals surface area contributed by atoms with Crippen molar-refractivity contribution in [2.75, 3.05) is 66.4 Å². The molecule has 8 atom stereocenters. The number of carbonyl (C=O) groups is 8. The molecule has 0 aliphatic heterocycles. The van der Waals surface area contributed by atoms with E-state index in [1.807, 2.05) is 76.2 Å². The Hall–Kier alpha value is -3.93. The normalized spacial score (nSPS) is 15.8. The van der Waals surface area contributed by atoms with E-state index < -0.39 is 82.7 Å². The highest BCUT2D eigenvalue weighted by Crippen LogP contribution is 2.34. The molecule has 0 aromatic carbocycles. The van der Waals surface area contributed by atoms with Gasteiger partial charge in [-0.3, -0.25) is 38.4 Å². The summed E-state index contributed by atoms with van der Waals surface area (Å²) in [4.78, 5) is 120. The minimum Gasteiger partial charge on any atom is -0.357 e. The Labute approximate surface area is 415 Å². The number of hydrogen-bond acceptors (Lipinski definition) is 10. The van der Waals surface area contributed by atoms with Crippen molar-refractivity contribution in [2.45, 2.75) is 178 Å². The largest absolute Gasteiger partial charge is 0.357 e. The predicted molar refractivity (Wildman–Crippen MR) is 274 cm³/mol. The number of nitrogens with one attached hydrogen (secondary N) is 4. The van der Waals surface area contributed by atoms with Gasteiger partial charge >= 0.3 is 0 Å². The van der Waals surface area contributed by atoms with Crippen LogP contribution >= 0.6 is 11.8 Å². The summed E-state index contributed by atoms with van der Waals surface area (Å²) in [5, 5.41) is 11.1. The van der Waals surface area contributed by atoms with Crippen LogP contribution in [0, 0.1) is 29.1 Å². The molecule has 0 saturated carbocycles. The molecule has 0 heterocycles. The van der Waals surface area contributed by atoms with Crippen LogP contribution in [0.1, 0.15) is 136 Å². The number of hydrogen-bond donors (Lipinski definition) is 4. The molecule has 0 rings (SSSR count). The van der Waals surface area contributed by atoms with Crippen molar-refractivity contribution in [3.63, 3.8) is 0 Å². The summed E-state index contributed by atoms with van der Waals surface area (Å²) in [7, 11) is 7.74. The van der Waals surface area contributed by atoms with Crippen LogP contribution in [0.15, 0.2) is 0 Å². The first-order chi connectivity index (χ1) is 31.3. The molecule has 394 valence electrons. The molecule has 0 aromatic heterocycles. The molecule has 0 aromatic rings. The van der Waals surface area contributed by atoms with Crippen molar-refractivity contribution in [1.82, 2.24) is 45.8 Å². The molecule has 0 aliphatic rings. The highest BCUT2D eigenvalue weighted by Gasteiger charge is 2.51. The van der Waals surface area contributed by atoms with Crippen LogP contribution < -0.4 is 21.3 Å². The summed E-state index contributed by atoms with van der Waals surface area (Å²) in [6.45, 7) is 32.3. The Balaban J connectivity index is 6.82. The molecule has 0 radical (unpaired) electrons. The van der Waals surface area contributed by atoms with E-state index in [0.717, 1.165) is 25.4 Å². The third-order valence-electron chi connectivity index (χ3n) is 13.5. The van der Waals surface area contributed by atoms with Crippen LogP contribution in [-0.4, -0.2) is 180 Å².